The molecule has 4 unspecified atom stereocenters. The summed E-state index contributed by atoms with van der Waals surface area (Å²) in [6.45, 7) is -0.135. The van der Waals surface area contributed by atoms with Crippen molar-refractivity contribution in [3.05, 3.63) is 0 Å². The van der Waals surface area contributed by atoms with Crippen molar-refractivity contribution in [3.63, 3.8) is 0 Å². The van der Waals surface area contributed by atoms with Crippen molar-refractivity contribution in [2.24, 2.45) is 11.1 Å². The lowest BCUT2D eigenvalue weighted by atomic mass is 9.84. The average molecular weight is 219 g/mol. The van der Waals surface area contributed by atoms with Gasteiger partial charge in [-0.25, -0.2) is 0 Å². The molecule has 2 heterocycles. The molecule has 0 aromatic rings. The molecule has 14 heavy (non-hydrogen) atoms. The van der Waals surface area contributed by atoms with Crippen LogP contribution in [0, 0.1) is 5.41 Å². The summed E-state index contributed by atoms with van der Waals surface area (Å²) in [6, 6.07) is -0.393. The first-order valence-electron chi connectivity index (χ1n) is 4.72. The SMILES string of the molecule is NC1C(O)OC(CO)C2OS[C@H]3C[C@@]123. The van der Waals surface area contributed by atoms with Crippen LogP contribution in [-0.2, 0) is 8.92 Å². The summed E-state index contributed by atoms with van der Waals surface area (Å²) in [4.78, 5) is 0. The lowest BCUT2D eigenvalue weighted by molar-refractivity contribution is -0.230. The van der Waals surface area contributed by atoms with Crippen LogP contribution >= 0.6 is 12.0 Å². The zero-order valence-corrected chi connectivity index (χ0v) is 8.31. The molecule has 6 heteroatoms. The Hall–Kier alpha value is 0.150. The summed E-state index contributed by atoms with van der Waals surface area (Å²) in [5.74, 6) is 0. The van der Waals surface area contributed by atoms with Crippen LogP contribution in [0.3, 0.4) is 0 Å². The van der Waals surface area contributed by atoms with Gasteiger partial charge in [-0.1, -0.05) is 0 Å². The number of rotatable bonds is 1. The molecule has 2 saturated heterocycles. The fourth-order valence-corrected chi connectivity index (χ4v) is 3.97. The standard InChI is InChI=1S/C8H13NO4S/c9-5-7(11)12-3(2-10)6-8(5)1-4(8)14-13-6/h3-7,10-11H,1-2,9H2/t3?,4-,5?,6?,7?,8+/m0/s1. The molecule has 1 spiro atoms. The number of aliphatic hydroxyl groups is 2. The van der Waals surface area contributed by atoms with Crippen LogP contribution in [0.25, 0.3) is 0 Å². The second-order valence-corrected chi connectivity index (χ2v) is 5.15. The van der Waals surface area contributed by atoms with Crippen LogP contribution in [0.5, 0.6) is 0 Å². The van der Waals surface area contributed by atoms with E-state index in [1.165, 1.54) is 12.0 Å². The zero-order chi connectivity index (χ0) is 9.92. The van der Waals surface area contributed by atoms with Crippen LogP contribution in [0.2, 0.25) is 0 Å². The minimum atomic E-state index is -0.976. The quantitative estimate of drug-likeness (QED) is 0.482. The maximum Gasteiger partial charge on any atom is 0.171 e. The fraction of sp³-hybridized carbons (Fsp3) is 1.00. The summed E-state index contributed by atoms with van der Waals surface area (Å²) in [6.07, 6.45) is -0.623. The molecule has 0 aromatic heterocycles. The third-order valence-corrected chi connectivity index (χ3v) is 4.70. The second-order valence-electron chi connectivity index (χ2n) is 4.19. The Labute approximate surface area is 85.8 Å². The van der Waals surface area contributed by atoms with Crippen molar-refractivity contribution in [2.75, 3.05) is 6.61 Å². The van der Waals surface area contributed by atoms with Crippen LogP contribution in [0.1, 0.15) is 6.42 Å². The van der Waals surface area contributed by atoms with Gasteiger partial charge in [0.15, 0.2) is 6.29 Å². The van der Waals surface area contributed by atoms with E-state index in [-0.39, 0.29) is 18.1 Å². The number of hydrogen-bond acceptors (Lipinski definition) is 6. The van der Waals surface area contributed by atoms with Gasteiger partial charge in [0.1, 0.15) is 12.2 Å². The largest absolute Gasteiger partial charge is 0.394 e. The highest BCUT2D eigenvalue weighted by Gasteiger charge is 2.73. The number of hydrogen-bond donors (Lipinski definition) is 3. The van der Waals surface area contributed by atoms with E-state index in [0.29, 0.717) is 5.25 Å². The maximum absolute atomic E-state index is 9.60. The van der Waals surface area contributed by atoms with E-state index in [2.05, 4.69) is 0 Å². The van der Waals surface area contributed by atoms with Crippen molar-refractivity contribution in [2.45, 2.75) is 36.2 Å². The Kier molecular flexibility index (Phi) is 1.90. The highest BCUT2D eigenvalue weighted by Crippen LogP contribution is 2.67. The molecule has 0 radical (unpaired) electrons. The summed E-state index contributed by atoms with van der Waals surface area (Å²) in [5.41, 5.74) is 5.75. The van der Waals surface area contributed by atoms with Crippen molar-refractivity contribution in [1.29, 1.82) is 0 Å². The molecule has 80 valence electrons. The molecule has 0 bridgehead atoms. The normalized spacial score (nSPS) is 60.6. The van der Waals surface area contributed by atoms with Gasteiger partial charge in [0.2, 0.25) is 0 Å². The summed E-state index contributed by atoms with van der Waals surface area (Å²) in [5, 5.41) is 19.1. The summed E-state index contributed by atoms with van der Waals surface area (Å²) >= 11 is 1.41. The van der Waals surface area contributed by atoms with Gasteiger partial charge in [-0.3, -0.25) is 0 Å². The van der Waals surface area contributed by atoms with Crippen molar-refractivity contribution in [1.82, 2.24) is 0 Å². The van der Waals surface area contributed by atoms with Gasteiger partial charge in [0.05, 0.1) is 12.6 Å². The first kappa shape index (κ1) is 9.38. The Morgan fingerprint density at radius 2 is 2.36 bits per heavy atom. The molecule has 1 aliphatic carbocycles. The first-order chi connectivity index (χ1) is 6.70. The molecule has 3 rings (SSSR count). The summed E-state index contributed by atoms with van der Waals surface area (Å²) < 4.78 is 10.7. The van der Waals surface area contributed by atoms with E-state index in [0.717, 1.165) is 6.42 Å². The molecule has 2 aliphatic heterocycles. The van der Waals surface area contributed by atoms with E-state index in [1.807, 2.05) is 0 Å². The number of ether oxygens (including phenoxy) is 1. The van der Waals surface area contributed by atoms with E-state index >= 15 is 0 Å². The van der Waals surface area contributed by atoms with Crippen LogP contribution in [0.4, 0.5) is 0 Å². The minimum absolute atomic E-state index is 0.135. The topological polar surface area (TPSA) is 84.9 Å². The van der Waals surface area contributed by atoms with Gasteiger partial charge < -0.3 is 24.9 Å². The lowest BCUT2D eigenvalue weighted by Crippen LogP contribution is -2.60. The molecule has 3 fully saturated rings. The van der Waals surface area contributed by atoms with Crippen molar-refractivity contribution >= 4 is 12.0 Å². The Bertz CT molecular complexity index is 266. The van der Waals surface area contributed by atoms with E-state index in [4.69, 9.17) is 19.8 Å². The molecule has 5 nitrogen and oxygen atoms in total. The first-order valence-corrected chi connectivity index (χ1v) is 5.52. The molecule has 3 aliphatic rings. The molecule has 0 amide bonds. The average Bonchev–Trinajstić information content (AvgIpc) is 2.80. The van der Waals surface area contributed by atoms with Gasteiger partial charge >= 0.3 is 0 Å². The Morgan fingerprint density at radius 3 is 3.00 bits per heavy atom. The predicted octanol–water partition coefficient (Wildman–Crippen LogP) is -1.17. The van der Waals surface area contributed by atoms with Gasteiger partial charge in [-0.15, -0.1) is 0 Å². The highest BCUT2D eigenvalue weighted by atomic mass is 32.2. The number of nitrogens with two attached hydrogens (primary N) is 1. The van der Waals surface area contributed by atoms with E-state index < -0.39 is 18.4 Å². The second kappa shape index (κ2) is 2.84. The number of aliphatic hydroxyl groups excluding tert-OH is 2. The highest BCUT2D eigenvalue weighted by molar-refractivity contribution is 7.95. The van der Waals surface area contributed by atoms with E-state index in [1.54, 1.807) is 0 Å². The van der Waals surface area contributed by atoms with E-state index in [9.17, 15) is 5.11 Å². The van der Waals surface area contributed by atoms with Crippen LogP contribution in [-0.4, -0.2) is 46.6 Å². The smallest absolute Gasteiger partial charge is 0.171 e. The fourth-order valence-electron chi connectivity index (χ4n) is 2.59. The minimum Gasteiger partial charge on any atom is -0.394 e. The molecule has 6 atom stereocenters. The van der Waals surface area contributed by atoms with Crippen LogP contribution in [0.15, 0.2) is 0 Å². The third-order valence-electron chi connectivity index (χ3n) is 3.54. The zero-order valence-electron chi connectivity index (χ0n) is 7.50. The molecular weight excluding hydrogens is 206 g/mol. The monoisotopic (exact) mass is 219 g/mol. The molecule has 1 saturated carbocycles. The lowest BCUT2D eigenvalue weighted by Gasteiger charge is -2.40. The third kappa shape index (κ3) is 0.937. The predicted molar refractivity (Wildman–Crippen MR) is 49.2 cm³/mol. The molecule has 0 aromatic carbocycles. The Balaban J connectivity index is 1.91. The van der Waals surface area contributed by atoms with Crippen molar-refractivity contribution < 1.29 is 19.1 Å². The summed E-state index contributed by atoms with van der Waals surface area (Å²) in [7, 11) is 0. The molecular formula is C8H13NO4S. The van der Waals surface area contributed by atoms with Crippen molar-refractivity contribution in [3.8, 4) is 0 Å². The van der Waals surface area contributed by atoms with Gasteiger partial charge in [-0.05, 0) is 18.5 Å². The van der Waals surface area contributed by atoms with Gasteiger partial charge in [0, 0.05) is 10.7 Å². The maximum atomic E-state index is 9.60. The Morgan fingerprint density at radius 1 is 1.57 bits per heavy atom. The molecule has 4 N–H and O–H groups in total. The van der Waals surface area contributed by atoms with Gasteiger partial charge in [0.25, 0.3) is 0 Å². The van der Waals surface area contributed by atoms with Gasteiger partial charge in [-0.2, -0.15) is 0 Å². The van der Waals surface area contributed by atoms with Crippen LogP contribution < -0.4 is 5.73 Å².